The molecular formula is C29H35FN2O3. The number of halogens is 1. The van der Waals surface area contributed by atoms with E-state index < -0.39 is 0 Å². The van der Waals surface area contributed by atoms with Gasteiger partial charge in [-0.2, -0.15) is 0 Å². The van der Waals surface area contributed by atoms with E-state index in [1.807, 2.05) is 50.2 Å². The van der Waals surface area contributed by atoms with E-state index >= 15 is 0 Å². The van der Waals surface area contributed by atoms with Crippen molar-refractivity contribution in [3.8, 4) is 0 Å². The monoisotopic (exact) mass is 478 g/mol. The predicted octanol–water partition coefficient (Wildman–Crippen LogP) is 6.11. The first-order chi connectivity index (χ1) is 16.6. The van der Waals surface area contributed by atoms with Gasteiger partial charge in [-0.05, 0) is 66.3 Å². The van der Waals surface area contributed by atoms with Crippen LogP contribution in [0.3, 0.4) is 0 Å². The van der Waals surface area contributed by atoms with Crippen molar-refractivity contribution in [2.75, 3.05) is 13.1 Å². The van der Waals surface area contributed by atoms with E-state index in [1.165, 1.54) is 12.1 Å². The fraction of sp³-hybridized carbons (Fsp3) is 0.379. The van der Waals surface area contributed by atoms with Crippen LogP contribution in [0.25, 0.3) is 0 Å². The first kappa shape index (κ1) is 26.2. The van der Waals surface area contributed by atoms with E-state index in [0.29, 0.717) is 17.9 Å². The van der Waals surface area contributed by atoms with Crippen molar-refractivity contribution in [3.63, 3.8) is 0 Å². The van der Waals surface area contributed by atoms with Crippen LogP contribution >= 0.6 is 0 Å². The normalized spacial score (nSPS) is 11.4. The van der Waals surface area contributed by atoms with Crippen LogP contribution in [0.15, 0.2) is 65.1 Å². The third kappa shape index (κ3) is 7.28. The van der Waals surface area contributed by atoms with E-state index in [4.69, 9.17) is 4.42 Å². The molecule has 35 heavy (non-hydrogen) atoms. The fourth-order valence-corrected chi connectivity index (χ4v) is 3.88. The van der Waals surface area contributed by atoms with Crippen molar-refractivity contribution >= 4 is 11.8 Å². The average Bonchev–Trinajstić information content (AvgIpc) is 3.23. The van der Waals surface area contributed by atoms with Gasteiger partial charge in [0.2, 0.25) is 5.91 Å². The Kier molecular flexibility index (Phi) is 8.49. The van der Waals surface area contributed by atoms with Gasteiger partial charge < -0.3 is 14.2 Å². The maximum Gasteiger partial charge on any atom is 0.254 e. The molecule has 1 aromatic heterocycles. The molecule has 0 aliphatic heterocycles. The van der Waals surface area contributed by atoms with Gasteiger partial charge in [0, 0.05) is 18.7 Å². The van der Waals surface area contributed by atoms with Gasteiger partial charge in [-0.15, -0.1) is 0 Å². The number of nitrogens with zero attached hydrogens (tertiary/aromatic N) is 2. The molecule has 0 saturated carbocycles. The lowest BCUT2D eigenvalue weighted by molar-refractivity contribution is -0.133. The first-order valence-electron chi connectivity index (χ1n) is 12.0. The SMILES string of the molecule is CCCN(CC(=O)N(Cc1ccc(F)cc1)Cc1ccc(C)o1)C(=O)c1ccc(C(C)(C)C)cc1. The Hall–Kier alpha value is -3.41. The molecule has 0 spiro atoms. The molecule has 0 aliphatic rings. The molecule has 1 heterocycles. The number of benzene rings is 2. The van der Waals surface area contributed by atoms with Crippen LogP contribution in [-0.2, 0) is 23.3 Å². The Balaban J connectivity index is 1.79. The van der Waals surface area contributed by atoms with E-state index in [-0.39, 0.29) is 42.7 Å². The molecule has 3 aromatic rings. The smallest absolute Gasteiger partial charge is 0.254 e. The second kappa shape index (κ2) is 11.3. The number of carbonyl (C=O) groups excluding carboxylic acids is 2. The van der Waals surface area contributed by atoms with Crippen LogP contribution in [0.4, 0.5) is 4.39 Å². The Morgan fingerprint density at radius 3 is 2.09 bits per heavy atom. The topological polar surface area (TPSA) is 53.8 Å². The number of aryl methyl sites for hydroxylation is 1. The van der Waals surface area contributed by atoms with E-state index in [9.17, 15) is 14.0 Å². The number of hydrogen-bond donors (Lipinski definition) is 0. The fourth-order valence-electron chi connectivity index (χ4n) is 3.88. The summed E-state index contributed by atoms with van der Waals surface area (Å²) < 4.78 is 19.1. The van der Waals surface area contributed by atoms with Gasteiger partial charge >= 0.3 is 0 Å². The lowest BCUT2D eigenvalue weighted by atomic mass is 9.86. The highest BCUT2D eigenvalue weighted by atomic mass is 19.1. The summed E-state index contributed by atoms with van der Waals surface area (Å²) in [6.07, 6.45) is 0.731. The van der Waals surface area contributed by atoms with Crippen LogP contribution < -0.4 is 0 Å². The molecule has 6 heteroatoms. The molecule has 0 N–H and O–H groups in total. The lowest BCUT2D eigenvalue weighted by Gasteiger charge is -2.27. The van der Waals surface area contributed by atoms with Crippen molar-refractivity contribution in [1.82, 2.24) is 9.80 Å². The summed E-state index contributed by atoms with van der Waals surface area (Å²) in [5.41, 5.74) is 2.50. The summed E-state index contributed by atoms with van der Waals surface area (Å²) in [6.45, 7) is 11.2. The van der Waals surface area contributed by atoms with E-state index in [2.05, 4.69) is 20.8 Å². The summed E-state index contributed by atoms with van der Waals surface area (Å²) in [6, 6.07) is 17.4. The highest BCUT2D eigenvalue weighted by Crippen LogP contribution is 2.23. The standard InChI is InChI=1S/C29H35FN2O3/c1-6-17-31(28(34)23-10-12-24(13-11-23)29(3,4)5)20-27(33)32(19-26-16-7-21(2)35-26)18-22-8-14-25(30)15-9-22/h7-16H,6,17-20H2,1-5H3. The second-order valence-corrected chi connectivity index (χ2v) is 9.94. The Bertz CT molecular complexity index is 1130. The van der Waals surface area contributed by atoms with Crippen LogP contribution in [0.5, 0.6) is 0 Å². The number of hydrogen-bond acceptors (Lipinski definition) is 3. The quantitative estimate of drug-likeness (QED) is 0.373. The minimum atomic E-state index is -0.328. The molecule has 2 aromatic carbocycles. The molecule has 0 fully saturated rings. The molecule has 0 unspecified atom stereocenters. The summed E-state index contributed by atoms with van der Waals surface area (Å²) in [4.78, 5) is 30.0. The summed E-state index contributed by atoms with van der Waals surface area (Å²) >= 11 is 0. The molecule has 0 bridgehead atoms. The highest BCUT2D eigenvalue weighted by Gasteiger charge is 2.24. The second-order valence-electron chi connectivity index (χ2n) is 9.94. The molecule has 0 atom stereocenters. The average molecular weight is 479 g/mol. The van der Waals surface area contributed by atoms with Gasteiger partial charge in [0.15, 0.2) is 0 Å². The Morgan fingerprint density at radius 1 is 0.886 bits per heavy atom. The zero-order valence-electron chi connectivity index (χ0n) is 21.3. The molecule has 0 saturated heterocycles. The van der Waals surface area contributed by atoms with Gasteiger partial charge in [-0.25, -0.2) is 4.39 Å². The minimum Gasteiger partial charge on any atom is -0.464 e. The van der Waals surface area contributed by atoms with Gasteiger partial charge in [0.05, 0.1) is 6.54 Å². The summed E-state index contributed by atoms with van der Waals surface area (Å²) in [5.74, 6) is 0.720. The van der Waals surface area contributed by atoms with Gasteiger partial charge in [0.1, 0.15) is 23.9 Å². The van der Waals surface area contributed by atoms with Crippen molar-refractivity contribution in [2.45, 2.75) is 59.5 Å². The van der Waals surface area contributed by atoms with Crippen molar-refractivity contribution in [2.24, 2.45) is 0 Å². The van der Waals surface area contributed by atoms with E-state index in [0.717, 1.165) is 23.3 Å². The van der Waals surface area contributed by atoms with E-state index in [1.54, 1.807) is 21.9 Å². The van der Waals surface area contributed by atoms with Gasteiger partial charge in [0.25, 0.3) is 5.91 Å². The molecule has 2 amide bonds. The highest BCUT2D eigenvalue weighted by molar-refractivity contribution is 5.96. The largest absolute Gasteiger partial charge is 0.464 e. The molecule has 0 radical (unpaired) electrons. The van der Waals surface area contributed by atoms with Crippen LogP contribution in [0.1, 0.15) is 67.1 Å². The van der Waals surface area contributed by atoms with Crippen LogP contribution in [0.2, 0.25) is 0 Å². The van der Waals surface area contributed by atoms with Crippen LogP contribution in [-0.4, -0.2) is 34.7 Å². The van der Waals surface area contributed by atoms with Crippen molar-refractivity contribution < 1.29 is 18.4 Å². The molecule has 0 aliphatic carbocycles. The Labute approximate surface area is 207 Å². The minimum absolute atomic E-state index is 0.00822. The molecular weight excluding hydrogens is 443 g/mol. The number of amides is 2. The molecule has 5 nitrogen and oxygen atoms in total. The maximum absolute atomic E-state index is 13.4. The number of carbonyl (C=O) groups is 2. The molecule has 3 rings (SSSR count). The lowest BCUT2D eigenvalue weighted by Crippen LogP contribution is -2.42. The van der Waals surface area contributed by atoms with Gasteiger partial charge in [-0.1, -0.05) is 52.0 Å². The molecule has 186 valence electrons. The zero-order chi connectivity index (χ0) is 25.6. The van der Waals surface area contributed by atoms with Crippen molar-refractivity contribution in [3.05, 3.63) is 94.7 Å². The third-order valence-corrected chi connectivity index (χ3v) is 5.89. The first-order valence-corrected chi connectivity index (χ1v) is 12.0. The van der Waals surface area contributed by atoms with Crippen molar-refractivity contribution in [1.29, 1.82) is 0 Å². The third-order valence-electron chi connectivity index (χ3n) is 5.89. The maximum atomic E-state index is 13.4. The summed E-state index contributed by atoms with van der Waals surface area (Å²) in [7, 11) is 0. The predicted molar refractivity (Wildman–Crippen MR) is 135 cm³/mol. The van der Waals surface area contributed by atoms with Crippen LogP contribution in [0, 0.1) is 12.7 Å². The number of furan rings is 1. The number of rotatable bonds is 9. The zero-order valence-corrected chi connectivity index (χ0v) is 21.3. The summed E-state index contributed by atoms with van der Waals surface area (Å²) in [5, 5.41) is 0. The Morgan fingerprint density at radius 2 is 1.54 bits per heavy atom. The van der Waals surface area contributed by atoms with Gasteiger partial charge in [-0.3, -0.25) is 9.59 Å².